The van der Waals surface area contributed by atoms with Crippen LogP contribution in [0.2, 0.25) is 0 Å². The molecule has 0 aromatic heterocycles. The van der Waals surface area contributed by atoms with Gasteiger partial charge in [0.15, 0.2) is 0 Å². The minimum absolute atomic E-state index is 0.293. The molecule has 0 saturated carbocycles. The van der Waals surface area contributed by atoms with Gasteiger partial charge in [0, 0.05) is 0 Å². The minimum Gasteiger partial charge on any atom is -0.0720 e. The van der Waals surface area contributed by atoms with Gasteiger partial charge in [-0.3, -0.25) is 0 Å². The molecular formula is C30H48P2. The van der Waals surface area contributed by atoms with Gasteiger partial charge in [-0.1, -0.05) is 134 Å². The van der Waals surface area contributed by atoms with Crippen molar-refractivity contribution in [1.29, 1.82) is 0 Å². The largest absolute Gasteiger partial charge is 0.0720 e. The first-order valence-corrected chi connectivity index (χ1v) is 15.7. The second-order valence-corrected chi connectivity index (χ2v) is 18.9. The fraction of sp³-hybridized carbons (Fsp3) is 0.600. The van der Waals surface area contributed by atoms with Crippen LogP contribution < -0.4 is 10.6 Å². The molecule has 0 aliphatic heterocycles. The van der Waals surface area contributed by atoms with Gasteiger partial charge in [0.05, 0.1) is 0 Å². The monoisotopic (exact) mass is 470 g/mol. The minimum atomic E-state index is -0.302. The van der Waals surface area contributed by atoms with Crippen molar-refractivity contribution in [2.24, 2.45) is 10.8 Å². The van der Waals surface area contributed by atoms with Gasteiger partial charge in [-0.15, -0.1) is 0 Å². The van der Waals surface area contributed by atoms with Crippen LogP contribution in [0.4, 0.5) is 0 Å². The van der Waals surface area contributed by atoms with Crippen molar-refractivity contribution in [2.45, 2.75) is 92.4 Å². The number of hydrogen-bond acceptors (Lipinski definition) is 0. The maximum Gasteiger partial charge on any atom is -0.0100 e. The molecule has 0 saturated heterocycles. The lowest BCUT2D eigenvalue weighted by atomic mass is 9.86. The third-order valence-corrected chi connectivity index (χ3v) is 12.7. The predicted octanol–water partition coefficient (Wildman–Crippen LogP) is 9.26. The normalized spacial score (nSPS) is 15.5. The summed E-state index contributed by atoms with van der Waals surface area (Å²) in [6.07, 6.45) is 2.47. The zero-order valence-electron chi connectivity index (χ0n) is 22.9. The zero-order chi connectivity index (χ0) is 24.5. The maximum absolute atomic E-state index is 2.50. The molecule has 0 nitrogen and oxygen atoms in total. The summed E-state index contributed by atoms with van der Waals surface area (Å²) in [7, 11) is -0.605. The second-order valence-electron chi connectivity index (χ2n) is 13.3. The van der Waals surface area contributed by atoms with Crippen molar-refractivity contribution < 1.29 is 0 Å². The number of rotatable bonds is 7. The molecule has 2 atom stereocenters. The lowest BCUT2D eigenvalue weighted by Crippen LogP contribution is -2.30. The highest BCUT2D eigenvalue weighted by Crippen LogP contribution is 2.54. The molecule has 32 heavy (non-hydrogen) atoms. The Labute approximate surface area is 202 Å². The summed E-state index contributed by atoms with van der Waals surface area (Å²) in [6.45, 7) is 29.2. The average Bonchev–Trinajstić information content (AvgIpc) is 2.63. The van der Waals surface area contributed by atoms with Gasteiger partial charge in [-0.2, -0.15) is 0 Å². The molecule has 2 aromatic carbocycles. The van der Waals surface area contributed by atoms with Gasteiger partial charge in [0.25, 0.3) is 0 Å². The number of hydrogen-bond donors (Lipinski definition) is 0. The van der Waals surface area contributed by atoms with E-state index in [2.05, 4.69) is 131 Å². The van der Waals surface area contributed by atoms with E-state index in [-0.39, 0.29) is 15.8 Å². The van der Waals surface area contributed by atoms with E-state index in [9.17, 15) is 0 Å². The molecule has 2 rings (SSSR count). The van der Waals surface area contributed by atoms with Crippen molar-refractivity contribution in [3.8, 4) is 11.1 Å². The molecule has 0 radical (unpaired) electrons. The van der Waals surface area contributed by atoms with Crippen LogP contribution in [0.25, 0.3) is 11.1 Å². The molecule has 178 valence electrons. The Morgan fingerprint density at radius 3 is 1.06 bits per heavy atom. The summed E-state index contributed by atoms with van der Waals surface area (Å²) in [4.78, 5) is 0. The Balaban J connectivity index is 2.56. The van der Waals surface area contributed by atoms with E-state index in [0.717, 1.165) is 0 Å². The smallest absolute Gasteiger partial charge is 0.0100 e. The highest BCUT2D eigenvalue weighted by molar-refractivity contribution is 7.67. The van der Waals surface area contributed by atoms with Gasteiger partial charge in [-0.05, 0) is 69.0 Å². The van der Waals surface area contributed by atoms with E-state index in [1.807, 2.05) is 0 Å². The van der Waals surface area contributed by atoms with Crippen LogP contribution >= 0.6 is 15.8 Å². The van der Waals surface area contributed by atoms with Crippen LogP contribution in [-0.4, -0.2) is 23.6 Å². The first-order chi connectivity index (χ1) is 14.4. The van der Waals surface area contributed by atoms with Crippen LogP contribution in [-0.2, 0) is 0 Å². The molecule has 0 N–H and O–H groups in total. The first-order valence-electron chi connectivity index (χ1n) is 12.1. The Morgan fingerprint density at radius 2 is 0.781 bits per heavy atom. The molecule has 2 aromatic rings. The summed E-state index contributed by atoms with van der Waals surface area (Å²) < 4.78 is 0. The van der Waals surface area contributed by atoms with Gasteiger partial charge >= 0.3 is 0 Å². The predicted molar refractivity (Wildman–Crippen MR) is 153 cm³/mol. The van der Waals surface area contributed by atoms with Crippen molar-refractivity contribution in [2.75, 3.05) is 13.3 Å². The molecule has 0 heterocycles. The lowest BCUT2D eigenvalue weighted by molar-refractivity contribution is 0.336. The molecule has 0 amide bonds. The average molecular weight is 471 g/mol. The van der Waals surface area contributed by atoms with Crippen molar-refractivity contribution in [3.05, 3.63) is 48.5 Å². The standard InChI is InChI=1S/C30H48P2/c1-27(2,3)21-29(7,8)31(11)25-19-15-13-17-23(25)24-18-14-16-20-26(24)32(12)30(9,10)22-28(4,5)6/h13-20H,21-22H2,1-12H3. The van der Waals surface area contributed by atoms with Crippen LogP contribution in [0.15, 0.2) is 48.5 Å². The highest BCUT2D eigenvalue weighted by Gasteiger charge is 2.35. The fourth-order valence-electron chi connectivity index (χ4n) is 5.47. The Morgan fingerprint density at radius 1 is 0.500 bits per heavy atom. The van der Waals surface area contributed by atoms with Crippen molar-refractivity contribution >= 4 is 26.5 Å². The maximum atomic E-state index is 2.50. The van der Waals surface area contributed by atoms with Crippen molar-refractivity contribution in [1.82, 2.24) is 0 Å². The zero-order valence-corrected chi connectivity index (χ0v) is 24.7. The SMILES string of the molecule is CP(c1ccccc1-c1ccccc1P(C)C(C)(C)CC(C)(C)C)C(C)(C)CC(C)(C)C. The molecular weight excluding hydrogens is 422 g/mol. The molecule has 2 unspecified atom stereocenters. The summed E-state index contributed by atoms with van der Waals surface area (Å²) >= 11 is 0. The van der Waals surface area contributed by atoms with E-state index in [1.165, 1.54) is 24.0 Å². The van der Waals surface area contributed by atoms with E-state index >= 15 is 0 Å². The topological polar surface area (TPSA) is 0 Å². The summed E-state index contributed by atoms with van der Waals surface area (Å²) in [6, 6.07) is 18.5. The Kier molecular flexibility index (Phi) is 8.51. The van der Waals surface area contributed by atoms with Gasteiger partial charge in [0.2, 0.25) is 0 Å². The molecule has 2 heteroatoms. The molecule has 0 aliphatic rings. The molecule has 0 fully saturated rings. The quantitative estimate of drug-likeness (QED) is 0.354. The van der Waals surface area contributed by atoms with Crippen molar-refractivity contribution in [3.63, 3.8) is 0 Å². The van der Waals surface area contributed by atoms with Crippen LogP contribution in [0, 0.1) is 10.8 Å². The van der Waals surface area contributed by atoms with Crippen LogP contribution in [0.3, 0.4) is 0 Å². The number of benzene rings is 2. The molecule has 0 bridgehead atoms. The first kappa shape index (κ1) is 27.5. The second kappa shape index (κ2) is 9.88. The van der Waals surface area contributed by atoms with E-state index < -0.39 is 0 Å². The Bertz CT molecular complexity index is 818. The third-order valence-electron chi connectivity index (χ3n) is 6.56. The summed E-state index contributed by atoms with van der Waals surface area (Å²) in [5, 5.41) is 3.70. The Hall–Kier alpha value is -0.700. The van der Waals surface area contributed by atoms with Gasteiger partial charge < -0.3 is 0 Å². The fourth-order valence-corrected chi connectivity index (χ4v) is 9.93. The van der Waals surface area contributed by atoms with E-state index in [1.54, 1.807) is 10.6 Å². The van der Waals surface area contributed by atoms with Gasteiger partial charge in [0.1, 0.15) is 0 Å². The van der Waals surface area contributed by atoms with Gasteiger partial charge in [-0.25, -0.2) is 0 Å². The lowest BCUT2D eigenvalue weighted by Gasteiger charge is -2.40. The third kappa shape index (κ3) is 7.15. The summed E-state index contributed by atoms with van der Waals surface area (Å²) in [5.74, 6) is 0. The van der Waals surface area contributed by atoms with Crippen LogP contribution in [0.1, 0.15) is 82.1 Å². The van der Waals surface area contributed by atoms with Crippen LogP contribution in [0.5, 0.6) is 0 Å². The molecule has 0 aliphatic carbocycles. The van der Waals surface area contributed by atoms with E-state index in [0.29, 0.717) is 21.1 Å². The molecule has 0 spiro atoms. The van der Waals surface area contributed by atoms with E-state index in [4.69, 9.17) is 0 Å². The highest BCUT2D eigenvalue weighted by atomic mass is 31.1. The summed E-state index contributed by atoms with van der Waals surface area (Å²) in [5.41, 5.74) is 3.59.